The highest BCUT2D eigenvalue weighted by Gasteiger charge is 2.29. The number of aliphatic hydroxyl groups excluding tert-OH is 1. The van der Waals surface area contributed by atoms with E-state index in [0.717, 1.165) is 24.1 Å². The van der Waals surface area contributed by atoms with Crippen molar-refractivity contribution in [2.75, 3.05) is 6.54 Å². The van der Waals surface area contributed by atoms with Crippen LogP contribution in [-0.4, -0.2) is 50.7 Å². The van der Waals surface area contributed by atoms with Crippen LogP contribution in [-0.2, 0) is 13.0 Å². The van der Waals surface area contributed by atoms with Crippen molar-refractivity contribution in [3.8, 4) is 6.07 Å². The van der Waals surface area contributed by atoms with Gasteiger partial charge >= 0.3 is 0 Å². The van der Waals surface area contributed by atoms with Gasteiger partial charge in [0.05, 0.1) is 30.0 Å². The molecule has 2 amide bonds. The molecule has 8 nitrogen and oxygen atoms in total. The first-order valence-electron chi connectivity index (χ1n) is 9.89. The highest BCUT2D eigenvalue weighted by molar-refractivity contribution is 5.96. The van der Waals surface area contributed by atoms with Crippen LogP contribution in [0.25, 0.3) is 0 Å². The summed E-state index contributed by atoms with van der Waals surface area (Å²) in [6.07, 6.45) is 3.22. The molecule has 0 unspecified atom stereocenters. The molecule has 8 heteroatoms. The number of nitriles is 1. The maximum atomic E-state index is 12.8. The number of benzene rings is 1. The molecular formula is C21H23N5O3. The minimum Gasteiger partial charge on any atom is -0.393 e. The second kappa shape index (κ2) is 8.05. The predicted octanol–water partition coefficient (Wildman–Crippen LogP) is 1.51. The molecule has 4 rings (SSSR count). The van der Waals surface area contributed by atoms with E-state index in [1.54, 1.807) is 29.2 Å². The number of fused-ring (bicyclic) bond motifs is 1. The number of hydrogen-bond donors (Lipinski definition) is 3. The Morgan fingerprint density at radius 1 is 1.28 bits per heavy atom. The summed E-state index contributed by atoms with van der Waals surface area (Å²) in [5, 5.41) is 28.8. The van der Waals surface area contributed by atoms with Crippen molar-refractivity contribution in [3.63, 3.8) is 0 Å². The fraction of sp³-hybridized carbons (Fsp3) is 0.429. The molecule has 0 bridgehead atoms. The molecule has 0 radical (unpaired) electrons. The van der Waals surface area contributed by atoms with Crippen LogP contribution >= 0.6 is 0 Å². The van der Waals surface area contributed by atoms with E-state index in [4.69, 9.17) is 5.26 Å². The SMILES string of the molecule is N#Cc1cccc(C(=O)N2CCc3c(C(=O)NC4CCC(O)CC4)n[nH]c3C2)c1. The summed E-state index contributed by atoms with van der Waals surface area (Å²) >= 11 is 0. The molecule has 1 saturated carbocycles. The van der Waals surface area contributed by atoms with E-state index in [9.17, 15) is 14.7 Å². The molecule has 2 aromatic rings. The first kappa shape index (κ1) is 19.2. The number of rotatable bonds is 3. The lowest BCUT2D eigenvalue weighted by Gasteiger charge is -2.28. The molecule has 1 aromatic heterocycles. The van der Waals surface area contributed by atoms with Crippen molar-refractivity contribution in [2.24, 2.45) is 0 Å². The number of aromatic nitrogens is 2. The molecule has 2 heterocycles. The Morgan fingerprint density at radius 2 is 2.07 bits per heavy atom. The molecule has 0 atom stereocenters. The number of nitrogens with zero attached hydrogens (tertiary/aromatic N) is 3. The van der Waals surface area contributed by atoms with Crippen molar-refractivity contribution >= 4 is 11.8 Å². The maximum Gasteiger partial charge on any atom is 0.272 e. The van der Waals surface area contributed by atoms with Crippen LogP contribution < -0.4 is 5.32 Å². The monoisotopic (exact) mass is 393 g/mol. The largest absolute Gasteiger partial charge is 0.393 e. The zero-order valence-electron chi connectivity index (χ0n) is 16.0. The summed E-state index contributed by atoms with van der Waals surface area (Å²) in [5.41, 5.74) is 2.94. The fourth-order valence-electron chi connectivity index (χ4n) is 4.06. The van der Waals surface area contributed by atoms with Crippen molar-refractivity contribution in [1.29, 1.82) is 5.26 Å². The number of hydrogen-bond acceptors (Lipinski definition) is 5. The number of aromatic amines is 1. The lowest BCUT2D eigenvalue weighted by Crippen LogP contribution is -2.40. The number of aliphatic hydroxyl groups is 1. The number of amides is 2. The molecule has 150 valence electrons. The second-order valence-corrected chi connectivity index (χ2v) is 7.68. The number of nitrogens with one attached hydrogen (secondary N) is 2. The third kappa shape index (κ3) is 4.00. The maximum absolute atomic E-state index is 12.8. The third-order valence-corrected chi connectivity index (χ3v) is 5.71. The Hall–Kier alpha value is -3.18. The third-order valence-electron chi connectivity index (χ3n) is 5.71. The van der Waals surface area contributed by atoms with Gasteiger partial charge in [0.15, 0.2) is 5.69 Å². The van der Waals surface area contributed by atoms with E-state index >= 15 is 0 Å². The molecule has 2 aliphatic rings. The standard InChI is InChI=1S/C21H23N5O3/c22-11-13-2-1-3-14(10-13)21(29)26-9-8-17-18(12-26)24-25-19(17)20(28)23-15-4-6-16(27)7-5-15/h1-3,10,15-16,27H,4-9,12H2,(H,23,28)(H,24,25). The molecule has 1 aromatic carbocycles. The summed E-state index contributed by atoms with van der Waals surface area (Å²) in [6.45, 7) is 0.832. The number of carbonyl (C=O) groups is 2. The van der Waals surface area contributed by atoms with E-state index < -0.39 is 0 Å². The van der Waals surface area contributed by atoms with Crippen LogP contribution in [0, 0.1) is 11.3 Å². The molecule has 0 saturated heterocycles. The van der Waals surface area contributed by atoms with Gasteiger partial charge in [-0.05, 0) is 50.3 Å². The second-order valence-electron chi connectivity index (χ2n) is 7.68. The van der Waals surface area contributed by atoms with Gasteiger partial charge in [0.2, 0.25) is 0 Å². The van der Waals surface area contributed by atoms with Gasteiger partial charge < -0.3 is 15.3 Å². The minimum absolute atomic E-state index is 0.0623. The number of H-pyrrole nitrogens is 1. The number of carbonyl (C=O) groups excluding carboxylic acids is 2. The van der Waals surface area contributed by atoms with Crippen LogP contribution in [0.5, 0.6) is 0 Å². The average molecular weight is 393 g/mol. The summed E-state index contributed by atoms with van der Waals surface area (Å²) < 4.78 is 0. The van der Waals surface area contributed by atoms with Gasteiger partial charge in [0.25, 0.3) is 11.8 Å². The van der Waals surface area contributed by atoms with Gasteiger partial charge in [-0.2, -0.15) is 10.4 Å². The Bertz CT molecular complexity index is 969. The van der Waals surface area contributed by atoms with Gasteiger partial charge in [-0.15, -0.1) is 0 Å². The Labute approximate surface area is 168 Å². The minimum atomic E-state index is -0.265. The van der Waals surface area contributed by atoms with E-state index in [0.29, 0.717) is 49.2 Å². The van der Waals surface area contributed by atoms with Gasteiger partial charge in [-0.1, -0.05) is 6.07 Å². The summed E-state index contributed by atoms with van der Waals surface area (Å²) in [7, 11) is 0. The van der Waals surface area contributed by atoms with Crippen LogP contribution in [0.3, 0.4) is 0 Å². The molecule has 1 fully saturated rings. The lowest BCUT2D eigenvalue weighted by atomic mass is 9.93. The quantitative estimate of drug-likeness (QED) is 0.730. The summed E-state index contributed by atoms with van der Waals surface area (Å²) in [6, 6.07) is 8.76. The Balaban J connectivity index is 1.43. The summed E-state index contributed by atoms with van der Waals surface area (Å²) in [5.74, 6) is -0.348. The van der Waals surface area contributed by atoms with E-state index in [-0.39, 0.29) is 24.0 Å². The van der Waals surface area contributed by atoms with E-state index in [2.05, 4.69) is 15.5 Å². The highest BCUT2D eigenvalue weighted by atomic mass is 16.3. The van der Waals surface area contributed by atoms with Crippen LogP contribution in [0.2, 0.25) is 0 Å². The van der Waals surface area contributed by atoms with Crippen molar-refractivity contribution in [1.82, 2.24) is 20.4 Å². The van der Waals surface area contributed by atoms with Gasteiger partial charge in [-0.3, -0.25) is 14.7 Å². The van der Waals surface area contributed by atoms with Crippen molar-refractivity contribution in [2.45, 2.75) is 50.8 Å². The zero-order valence-corrected chi connectivity index (χ0v) is 16.0. The van der Waals surface area contributed by atoms with Crippen LogP contribution in [0.15, 0.2) is 24.3 Å². The van der Waals surface area contributed by atoms with Gasteiger partial charge in [-0.25, -0.2) is 0 Å². The van der Waals surface area contributed by atoms with Crippen molar-refractivity contribution < 1.29 is 14.7 Å². The van der Waals surface area contributed by atoms with E-state index in [1.807, 2.05) is 6.07 Å². The predicted molar refractivity (Wildman–Crippen MR) is 104 cm³/mol. The molecule has 0 spiro atoms. The molecule has 3 N–H and O–H groups in total. The Kier molecular flexibility index (Phi) is 5.32. The normalized spacial score (nSPS) is 21.2. The molecule has 29 heavy (non-hydrogen) atoms. The lowest BCUT2D eigenvalue weighted by molar-refractivity contribution is 0.0732. The highest BCUT2D eigenvalue weighted by Crippen LogP contribution is 2.23. The first-order chi connectivity index (χ1) is 14.0. The zero-order chi connectivity index (χ0) is 20.4. The summed E-state index contributed by atoms with van der Waals surface area (Å²) in [4.78, 5) is 27.2. The van der Waals surface area contributed by atoms with Crippen LogP contribution in [0.4, 0.5) is 0 Å². The molecule has 1 aliphatic heterocycles. The van der Waals surface area contributed by atoms with E-state index in [1.165, 1.54) is 0 Å². The van der Waals surface area contributed by atoms with Crippen LogP contribution in [0.1, 0.15) is 63.4 Å². The topological polar surface area (TPSA) is 122 Å². The smallest absolute Gasteiger partial charge is 0.272 e. The van der Waals surface area contributed by atoms with Crippen molar-refractivity contribution in [3.05, 3.63) is 52.3 Å². The molecular weight excluding hydrogens is 370 g/mol. The first-order valence-corrected chi connectivity index (χ1v) is 9.89. The van der Waals surface area contributed by atoms with Gasteiger partial charge in [0.1, 0.15) is 0 Å². The average Bonchev–Trinajstić information content (AvgIpc) is 3.18. The van der Waals surface area contributed by atoms with Gasteiger partial charge in [0, 0.05) is 23.7 Å². The Morgan fingerprint density at radius 3 is 2.83 bits per heavy atom. The fourth-order valence-corrected chi connectivity index (χ4v) is 4.06. The molecule has 1 aliphatic carbocycles.